The minimum Gasteiger partial charge on any atom is -0.481 e. The molecule has 3 heterocycles. The molecule has 506 valence electrons. The molecule has 2 aliphatic carbocycles. The van der Waals surface area contributed by atoms with Crippen molar-refractivity contribution in [3.63, 3.8) is 0 Å². The highest BCUT2D eigenvalue weighted by Crippen LogP contribution is 2.68. The number of aromatic nitrogens is 5. The first-order valence-corrected chi connectivity index (χ1v) is 33.1. The molecular formula is C57H54ClF10N8O15PS2. The normalized spacial score (nSPS) is 16.3. The molecule has 2 aliphatic rings. The summed E-state index contributed by atoms with van der Waals surface area (Å²) in [6.07, 6.45) is -13.8. The van der Waals surface area contributed by atoms with Gasteiger partial charge in [0.1, 0.15) is 52.7 Å². The van der Waals surface area contributed by atoms with Gasteiger partial charge in [0.05, 0.1) is 46.8 Å². The molecular weight excluding hydrogens is 1360 g/mol. The van der Waals surface area contributed by atoms with Crippen LogP contribution >= 0.6 is 19.4 Å². The lowest BCUT2D eigenvalue weighted by Crippen LogP contribution is -2.43. The summed E-state index contributed by atoms with van der Waals surface area (Å²) in [5, 5.41) is 29.2. The van der Waals surface area contributed by atoms with Crippen molar-refractivity contribution in [1.29, 1.82) is 0 Å². The second-order valence-electron chi connectivity index (χ2n) is 23.6. The molecule has 0 aliphatic heterocycles. The van der Waals surface area contributed by atoms with Gasteiger partial charge in [-0.2, -0.15) is 49.6 Å². The summed E-state index contributed by atoms with van der Waals surface area (Å²) in [5.41, 5.74) is -9.48. The van der Waals surface area contributed by atoms with Crippen LogP contribution in [0.25, 0.3) is 22.0 Å². The van der Waals surface area contributed by atoms with Crippen LogP contribution in [0.3, 0.4) is 0 Å². The highest BCUT2D eigenvalue weighted by atomic mass is 35.5. The average Bonchev–Trinajstić information content (AvgIpc) is 1.52. The summed E-state index contributed by atoms with van der Waals surface area (Å²) < 4.78 is 220. The molecule has 6 N–H and O–H groups in total. The fourth-order valence-electron chi connectivity index (χ4n) is 11.1. The number of benzene rings is 3. The third kappa shape index (κ3) is 15.6. The van der Waals surface area contributed by atoms with Gasteiger partial charge in [-0.15, -0.1) is 0 Å². The topological polar surface area (TPSA) is 337 Å². The highest BCUT2D eigenvalue weighted by Gasteiger charge is 2.68. The van der Waals surface area contributed by atoms with E-state index in [1.807, 2.05) is 5.32 Å². The molecule has 3 amide bonds. The number of sulfonamides is 1. The quantitative estimate of drug-likeness (QED) is 0.0211. The third-order valence-electron chi connectivity index (χ3n) is 15.2. The van der Waals surface area contributed by atoms with Gasteiger partial charge in [0.2, 0.25) is 27.7 Å². The Balaban J connectivity index is 1.34. The number of rotatable bonds is 22. The van der Waals surface area contributed by atoms with Crippen LogP contribution in [0, 0.1) is 36.3 Å². The van der Waals surface area contributed by atoms with Crippen molar-refractivity contribution in [2.24, 2.45) is 5.92 Å². The van der Waals surface area contributed by atoms with Crippen LogP contribution in [0.5, 0.6) is 5.75 Å². The standard InChI is InChI=1S/C57H54ClF10N8O15PS2/c1-26-14-28(19-40(77)71-38(52(82)83)22-43(80)81)46(39(15-26)91-92(84,85)86)53(2,3)23-42(79)76(94(7,89)90)51-45-36(58)11-10-33(48(45)75(73-51)25-55(61,62)63)32-9-8-31(12-13-54(4,5)93(6,87)88)69-47(32)37(18-27-16-29(59)20-30(60)17-27)70-41(78)24-74-50-44(49(72-74)57(66,67)68)34-21-35(34)56(50,64)65/h8-11,14-17,20,34-35,37-38H,18-19,21-25H2,1-7H3,(H,70,78)(H,71,77)(H,80,81)(H,82,83)(H2,84,85,86)/t34-,35+,37-,38+/m0/s1. The molecule has 0 unspecified atom stereocenters. The number of carboxylic acid groups (broad SMARTS) is 2. The zero-order valence-electron chi connectivity index (χ0n) is 49.8. The molecule has 0 radical (unpaired) electrons. The summed E-state index contributed by atoms with van der Waals surface area (Å²) in [4.78, 5) is 90.8. The summed E-state index contributed by atoms with van der Waals surface area (Å²) >= 11 is 6.81. The van der Waals surface area contributed by atoms with E-state index >= 15 is 35.5 Å². The number of fused-ring (bicyclic) bond motifs is 4. The maximum absolute atomic E-state index is 15.8. The first-order chi connectivity index (χ1) is 43.0. The Morgan fingerprint density at radius 3 is 2.07 bits per heavy atom. The molecule has 3 aromatic carbocycles. The predicted molar refractivity (Wildman–Crippen MR) is 312 cm³/mol. The van der Waals surface area contributed by atoms with Gasteiger partial charge in [0.15, 0.2) is 21.3 Å². The van der Waals surface area contributed by atoms with Gasteiger partial charge >= 0.3 is 32.1 Å². The van der Waals surface area contributed by atoms with Gasteiger partial charge in [0.25, 0.3) is 5.92 Å². The second kappa shape index (κ2) is 25.2. The lowest BCUT2D eigenvalue weighted by molar-refractivity contribution is -0.147. The van der Waals surface area contributed by atoms with E-state index in [1.165, 1.54) is 26.8 Å². The van der Waals surface area contributed by atoms with Gasteiger partial charge in [-0.05, 0) is 98.5 Å². The molecule has 1 saturated carbocycles. The van der Waals surface area contributed by atoms with Crippen LogP contribution in [0.15, 0.2) is 54.6 Å². The van der Waals surface area contributed by atoms with Crippen molar-refractivity contribution in [3.8, 4) is 28.7 Å². The van der Waals surface area contributed by atoms with E-state index in [-0.39, 0.29) is 36.8 Å². The summed E-state index contributed by atoms with van der Waals surface area (Å²) in [6, 6.07) is 4.31. The number of anilines is 1. The Bertz CT molecular complexity index is 4490. The number of carboxylic acids is 2. The van der Waals surface area contributed by atoms with E-state index in [4.69, 9.17) is 16.1 Å². The molecule has 3 aromatic heterocycles. The Kier molecular flexibility index (Phi) is 19.2. The third-order valence-corrected chi connectivity index (χ3v) is 19.0. The van der Waals surface area contributed by atoms with Crippen LogP contribution in [-0.2, 0) is 91.8 Å². The van der Waals surface area contributed by atoms with Crippen LogP contribution < -0.4 is 19.5 Å². The summed E-state index contributed by atoms with van der Waals surface area (Å²) in [7, 11) is -14.8. The van der Waals surface area contributed by atoms with Crippen molar-refractivity contribution >= 4 is 85.7 Å². The first-order valence-electron chi connectivity index (χ1n) is 27.4. The number of halogens is 11. The Morgan fingerprint density at radius 1 is 0.883 bits per heavy atom. The van der Waals surface area contributed by atoms with Gasteiger partial charge in [-0.1, -0.05) is 43.5 Å². The smallest absolute Gasteiger partial charge is 0.481 e. The van der Waals surface area contributed by atoms with Gasteiger partial charge < -0.3 is 25.4 Å². The number of phosphoric acid groups is 1. The van der Waals surface area contributed by atoms with E-state index in [0.717, 1.165) is 62.6 Å². The number of carbonyl (C=O) groups excluding carboxylic acids is 3. The number of hydrogen-bond acceptors (Lipinski definition) is 14. The zero-order chi connectivity index (χ0) is 70.3. The lowest BCUT2D eigenvalue weighted by atomic mass is 9.77. The van der Waals surface area contributed by atoms with Crippen molar-refractivity contribution < 1.29 is 114 Å². The van der Waals surface area contributed by atoms with E-state index in [9.17, 15) is 73.7 Å². The number of nitrogens with zero attached hydrogens (tertiary/aromatic N) is 6. The number of phosphoric ester groups is 1. The van der Waals surface area contributed by atoms with Gasteiger partial charge in [-0.3, -0.25) is 38.3 Å². The van der Waals surface area contributed by atoms with Crippen LogP contribution in [0.2, 0.25) is 5.02 Å². The monoisotopic (exact) mass is 1410 g/mol. The zero-order valence-corrected chi connectivity index (χ0v) is 53.1. The van der Waals surface area contributed by atoms with E-state index < -0.39 is 233 Å². The van der Waals surface area contributed by atoms with Crippen LogP contribution in [0.1, 0.15) is 110 Å². The predicted octanol–water partition coefficient (Wildman–Crippen LogP) is 8.32. The number of amides is 3. The first kappa shape index (κ1) is 71.7. The average molecular weight is 1410 g/mol. The van der Waals surface area contributed by atoms with E-state index in [1.54, 1.807) is 0 Å². The number of aliphatic carboxylic acids is 2. The molecule has 23 nitrogen and oxygen atoms in total. The molecule has 8 rings (SSSR count). The molecule has 0 saturated heterocycles. The van der Waals surface area contributed by atoms with Gasteiger partial charge in [0, 0.05) is 52.3 Å². The fourth-order valence-corrected chi connectivity index (χ4v) is 12.9. The molecule has 94 heavy (non-hydrogen) atoms. The number of pyridine rings is 1. The Hall–Kier alpha value is -8.16. The highest BCUT2D eigenvalue weighted by molar-refractivity contribution is 7.93. The van der Waals surface area contributed by atoms with Crippen molar-refractivity contribution in [3.05, 3.63) is 122 Å². The number of aryl methyl sites for hydroxylation is 1. The number of hydrogen-bond donors (Lipinski definition) is 6. The van der Waals surface area contributed by atoms with E-state index in [2.05, 4.69) is 32.3 Å². The van der Waals surface area contributed by atoms with Crippen LogP contribution in [0.4, 0.5) is 49.7 Å². The Labute approximate surface area is 532 Å². The maximum Gasteiger partial charge on any atom is 0.524 e. The Morgan fingerprint density at radius 2 is 1.51 bits per heavy atom. The molecule has 0 spiro atoms. The summed E-state index contributed by atoms with van der Waals surface area (Å²) in [5.74, 6) is -13.7. The number of carbonyl (C=O) groups is 5. The fraction of sp³-hybridized carbons (Fsp3) is 0.404. The number of sulfone groups is 1. The summed E-state index contributed by atoms with van der Waals surface area (Å²) in [6.45, 7) is 2.50. The largest absolute Gasteiger partial charge is 0.524 e. The second-order valence-corrected chi connectivity index (χ2v) is 29.6. The van der Waals surface area contributed by atoms with Crippen LogP contribution in [-0.4, -0.2) is 121 Å². The van der Waals surface area contributed by atoms with Gasteiger partial charge in [-0.25, -0.2) is 40.0 Å². The molecule has 0 bridgehead atoms. The van der Waals surface area contributed by atoms with E-state index in [0.29, 0.717) is 12.3 Å². The number of alkyl halides is 8. The maximum atomic E-state index is 15.8. The number of nitrogens with one attached hydrogen (secondary N) is 2. The van der Waals surface area contributed by atoms with Crippen molar-refractivity contribution in [2.45, 2.75) is 126 Å². The molecule has 1 fully saturated rings. The minimum atomic E-state index is -5.60. The minimum absolute atomic E-state index is 0.0841. The molecule has 6 aromatic rings. The van der Waals surface area contributed by atoms with Crippen molar-refractivity contribution in [2.75, 3.05) is 16.8 Å². The SMILES string of the molecule is Cc1cc(CC(=O)N[C@H](CC(=O)O)C(=O)O)c(C(C)(C)CC(=O)N(c2nn(CC(F)(F)F)c3c(-c4ccc(C#CC(C)(C)S(C)(=O)=O)nc4[C@H](Cc4cc(F)cc(F)c4)NC(=O)Cn4nc(C(F)(F)F)c5c4C(F)(F)[C@@H]4C[C@H]54)ccc(Cl)c23)S(C)(=O)=O)c(OP(=O)(O)O)c1. The van der Waals surface area contributed by atoms with Crippen molar-refractivity contribution in [1.82, 2.24) is 35.2 Å². The lowest BCUT2D eigenvalue weighted by Gasteiger charge is -2.31. The molecule has 4 atom stereocenters. The molecule has 37 heteroatoms.